The highest BCUT2D eigenvalue weighted by molar-refractivity contribution is 6.08. The second kappa shape index (κ2) is 4.44. The topological polar surface area (TPSA) is 46.6 Å². The van der Waals surface area contributed by atoms with Crippen LogP contribution in [0.3, 0.4) is 0 Å². The number of benzene rings is 1. The summed E-state index contributed by atoms with van der Waals surface area (Å²) >= 11 is 0. The van der Waals surface area contributed by atoms with Crippen LogP contribution >= 0.6 is 0 Å². The van der Waals surface area contributed by atoms with E-state index in [4.69, 9.17) is 4.74 Å². The van der Waals surface area contributed by atoms with Gasteiger partial charge >= 0.3 is 0 Å². The number of nitrogens with zero attached hydrogens (tertiary/aromatic N) is 1. The van der Waals surface area contributed by atoms with Crippen LogP contribution in [0, 0.1) is 0 Å². The van der Waals surface area contributed by atoms with Crippen molar-refractivity contribution in [3.05, 3.63) is 23.8 Å². The number of fused-ring (bicyclic) bond motifs is 1. The Morgan fingerprint density at radius 3 is 2.78 bits per heavy atom. The second-order valence-electron chi connectivity index (χ2n) is 4.68. The fourth-order valence-corrected chi connectivity index (χ4v) is 2.46. The van der Waals surface area contributed by atoms with Gasteiger partial charge in [0, 0.05) is 19.2 Å². The number of hydrogen-bond donors (Lipinski definition) is 0. The first-order valence-electron chi connectivity index (χ1n) is 6.03. The Morgan fingerprint density at radius 1 is 1.44 bits per heavy atom. The molecule has 1 aliphatic rings. The monoisotopic (exact) mass is 247 g/mol. The average molecular weight is 247 g/mol. The number of hydrogen-bond acceptors (Lipinski definition) is 3. The van der Waals surface area contributed by atoms with Crippen molar-refractivity contribution in [3.8, 4) is 5.75 Å². The summed E-state index contributed by atoms with van der Waals surface area (Å²) in [5, 5.41) is 0. The number of aldehydes is 1. The van der Waals surface area contributed by atoms with E-state index in [1.54, 1.807) is 11.9 Å². The van der Waals surface area contributed by atoms with Crippen LogP contribution in [0.1, 0.15) is 25.8 Å². The Morgan fingerprint density at radius 2 is 2.17 bits per heavy atom. The first kappa shape index (κ1) is 12.6. The summed E-state index contributed by atoms with van der Waals surface area (Å²) < 4.78 is 5.45. The minimum Gasteiger partial charge on any atom is -0.494 e. The van der Waals surface area contributed by atoms with Crippen molar-refractivity contribution in [3.63, 3.8) is 0 Å². The van der Waals surface area contributed by atoms with Crippen LogP contribution < -0.4 is 9.64 Å². The summed E-state index contributed by atoms with van der Waals surface area (Å²) in [6.45, 7) is 4.30. The molecular formula is C14H17NO3. The molecule has 1 amide bonds. The van der Waals surface area contributed by atoms with E-state index in [9.17, 15) is 9.59 Å². The van der Waals surface area contributed by atoms with Crippen LogP contribution in [0.2, 0.25) is 0 Å². The van der Waals surface area contributed by atoms with Gasteiger partial charge in [0.25, 0.3) is 0 Å². The van der Waals surface area contributed by atoms with Gasteiger partial charge < -0.3 is 14.4 Å². The van der Waals surface area contributed by atoms with Gasteiger partial charge in [-0.1, -0.05) is 0 Å². The molecule has 4 nitrogen and oxygen atoms in total. The number of carbonyl (C=O) groups excluding carboxylic acids is 2. The molecule has 1 unspecified atom stereocenters. The molecule has 1 aromatic carbocycles. The van der Waals surface area contributed by atoms with Crippen LogP contribution in [0.4, 0.5) is 5.69 Å². The largest absolute Gasteiger partial charge is 0.494 e. The molecule has 18 heavy (non-hydrogen) atoms. The van der Waals surface area contributed by atoms with Crippen LogP contribution in [0.25, 0.3) is 0 Å². The van der Waals surface area contributed by atoms with Crippen molar-refractivity contribution in [1.82, 2.24) is 0 Å². The highest BCUT2D eigenvalue weighted by Crippen LogP contribution is 2.44. The summed E-state index contributed by atoms with van der Waals surface area (Å²) in [7, 11) is 1.73. The number of ether oxygens (including phenoxy) is 1. The van der Waals surface area contributed by atoms with Crippen LogP contribution in [-0.4, -0.2) is 25.8 Å². The Balaban J connectivity index is 2.53. The molecule has 1 heterocycles. The van der Waals surface area contributed by atoms with Crippen molar-refractivity contribution in [2.75, 3.05) is 18.6 Å². The van der Waals surface area contributed by atoms with Gasteiger partial charge in [-0.25, -0.2) is 0 Å². The molecule has 0 saturated carbocycles. The lowest BCUT2D eigenvalue weighted by Crippen LogP contribution is -2.36. The zero-order chi connectivity index (χ0) is 13.3. The first-order chi connectivity index (χ1) is 8.54. The van der Waals surface area contributed by atoms with Crippen molar-refractivity contribution >= 4 is 17.9 Å². The molecule has 0 aliphatic carbocycles. The molecule has 0 fully saturated rings. The molecule has 0 aromatic heterocycles. The van der Waals surface area contributed by atoms with Gasteiger partial charge in [-0.2, -0.15) is 0 Å². The van der Waals surface area contributed by atoms with Crippen molar-refractivity contribution in [2.24, 2.45) is 0 Å². The van der Waals surface area contributed by atoms with Gasteiger partial charge in [-0.3, -0.25) is 4.79 Å². The SMILES string of the molecule is CCOc1ccc2c(c1)C(C)(CC=O)C(=O)N2C. The average Bonchev–Trinajstić information content (AvgIpc) is 2.53. The molecule has 4 heteroatoms. The van der Waals surface area contributed by atoms with E-state index in [0.717, 1.165) is 23.3 Å². The second-order valence-corrected chi connectivity index (χ2v) is 4.68. The zero-order valence-corrected chi connectivity index (χ0v) is 10.9. The Kier molecular flexibility index (Phi) is 3.11. The Bertz CT molecular complexity index is 498. The van der Waals surface area contributed by atoms with Crippen molar-refractivity contribution in [1.29, 1.82) is 0 Å². The maximum atomic E-state index is 12.3. The third kappa shape index (κ3) is 1.68. The smallest absolute Gasteiger partial charge is 0.237 e. The molecule has 1 aromatic rings. The van der Waals surface area contributed by atoms with Gasteiger partial charge in [0.15, 0.2) is 0 Å². The maximum Gasteiger partial charge on any atom is 0.237 e. The number of rotatable bonds is 4. The van der Waals surface area contributed by atoms with E-state index in [2.05, 4.69) is 0 Å². The minimum absolute atomic E-state index is 0.0433. The molecule has 1 aliphatic heterocycles. The molecular weight excluding hydrogens is 230 g/mol. The Labute approximate surface area is 107 Å². The van der Waals surface area contributed by atoms with Gasteiger partial charge in [0.2, 0.25) is 5.91 Å². The molecule has 0 N–H and O–H groups in total. The number of carbonyl (C=O) groups is 2. The van der Waals surface area contributed by atoms with E-state index in [1.807, 2.05) is 32.0 Å². The van der Waals surface area contributed by atoms with E-state index >= 15 is 0 Å². The van der Waals surface area contributed by atoms with Crippen LogP contribution in [0.5, 0.6) is 5.75 Å². The van der Waals surface area contributed by atoms with Gasteiger partial charge in [-0.15, -0.1) is 0 Å². The summed E-state index contributed by atoms with van der Waals surface area (Å²) in [4.78, 5) is 24.7. The van der Waals surface area contributed by atoms with E-state index in [-0.39, 0.29) is 12.3 Å². The lowest BCUT2D eigenvalue weighted by molar-refractivity contribution is -0.124. The third-order valence-corrected chi connectivity index (χ3v) is 3.50. The molecule has 0 spiro atoms. The van der Waals surface area contributed by atoms with Crippen molar-refractivity contribution < 1.29 is 14.3 Å². The van der Waals surface area contributed by atoms with Crippen molar-refractivity contribution in [2.45, 2.75) is 25.7 Å². The fourth-order valence-electron chi connectivity index (χ4n) is 2.46. The van der Waals surface area contributed by atoms with E-state index < -0.39 is 5.41 Å². The predicted octanol–water partition coefficient (Wildman–Crippen LogP) is 1.91. The highest BCUT2D eigenvalue weighted by Gasteiger charge is 2.45. The van der Waals surface area contributed by atoms with E-state index in [0.29, 0.717) is 6.61 Å². The van der Waals surface area contributed by atoms with Crippen LogP contribution in [-0.2, 0) is 15.0 Å². The zero-order valence-electron chi connectivity index (χ0n) is 10.9. The number of amides is 1. The summed E-state index contributed by atoms with van der Waals surface area (Å²) in [6.07, 6.45) is 0.993. The molecule has 0 radical (unpaired) electrons. The summed E-state index contributed by atoms with van der Waals surface area (Å²) in [5.41, 5.74) is 0.958. The van der Waals surface area contributed by atoms with E-state index in [1.165, 1.54) is 0 Å². The minimum atomic E-state index is -0.765. The molecule has 1 atom stereocenters. The standard InChI is InChI=1S/C14H17NO3/c1-4-18-10-5-6-12-11(9-10)14(2,7-8-16)13(17)15(12)3/h5-6,8-9H,4,7H2,1-3H3. The molecule has 0 bridgehead atoms. The first-order valence-corrected chi connectivity index (χ1v) is 6.03. The lowest BCUT2D eigenvalue weighted by Gasteiger charge is -2.20. The molecule has 96 valence electrons. The fraction of sp³-hybridized carbons (Fsp3) is 0.429. The van der Waals surface area contributed by atoms with Gasteiger partial charge in [0.05, 0.1) is 12.0 Å². The Hall–Kier alpha value is -1.84. The van der Waals surface area contributed by atoms with Gasteiger partial charge in [0.1, 0.15) is 12.0 Å². The molecule has 0 saturated heterocycles. The quantitative estimate of drug-likeness (QED) is 0.763. The lowest BCUT2D eigenvalue weighted by atomic mass is 9.81. The summed E-state index contributed by atoms with van der Waals surface area (Å²) in [5.74, 6) is 0.690. The number of anilines is 1. The van der Waals surface area contributed by atoms with Crippen LogP contribution in [0.15, 0.2) is 18.2 Å². The highest BCUT2D eigenvalue weighted by atomic mass is 16.5. The predicted molar refractivity (Wildman–Crippen MR) is 69.1 cm³/mol. The third-order valence-electron chi connectivity index (χ3n) is 3.50. The van der Waals surface area contributed by atoms with Gasteiger partial charge in [-0.05, 0) is 37.6 Å². The number of likely N-dealkylation sites (N-methyl/N-ethyl adjacent to an activating group) is 1. The maximum absolute atomic E-state index is 12.3. The molecule has 2 rings (SSSR count). The normalized spacial score (nSPS) is 21.9. The summed E-state index contributed by atoms with van der Waals surface area (Å²) in [6, 6.07) is 5.58.